The van der Waals surface area contributed by atoms with Gasteiger partial charge in [0.05, 0.1) is 29.9 Å². The van der Waals surface area contributed by atoms with Gasteiger partial charge in [0.1, 0.15) is 12.6 Å². The van der Waals surface area contributed by atoms with Crippen LogP contribution in [0.3, 0.4) is 0 Å². The molecule has 266 valence electrons. The number of carbonyl (C=O) groups is 5. The van der Waals surface area contributed by atoms with Crippen molar-refractivity contribution in [2.24, 2.45) is 0 Å². The fourth-order valence-corrected chi connectivity index (χ4v) is 6.70. The number of fused-ring (bicyclic) bond motifs is 1. The number of allylic oxidation sites excluding steroid dienone is 5. The zero-order valence-corrected chi connectivity index (χ0v) is 30.2. The zero-order chi connectivity index (χ0) is 36.0. The van der Waals surface area contributed by atoms with Crippen LogP contribution in [0, 0.1) is 0 Å². The van der Waals surface area contributed by atoms with Gasteiger partial charge in [-0.15, -0.1) is 11.8 Å². The quantitative estimate of drug-likeness (QED) is 0.0561. The first-order chi connectivity index (χ1) is 24.1. The lowest BCUT2D eigenvalue weighted by molar-refractivity contribution is -0.136. The van der Waals surface area contributed by atoms with Gasteiger partial charge >= 0.3 is 5.97 Å². The van der Waals surface area contributed by atoms with Crippen LogP contribution in [0.5, 0.6) is 0 Å². The van der Waals surface area contributed by atoms with Crippen molar-refractivity contribution in [2.75, 3.05) is 37.4 Å². The highest BCUT2D eigenvalue weighted by Gasteiger charge is 2.45. The van der Waals surface area contributed by atoms with E-state index in [1.165, 1.54) is 16.7 Å². The molecule has 2 aliphatic rings. The normalized spacial score (nSPS) is 16.3. The highest BCUT2D eigenvalue weighted by molar-refractivity contribution is 7.99. The number of hydrogen-bond acceptors (Lipinski definition) is 9. The molecule has 11 heteroatoms. The molecule has 4 amide bonds. The van der Waals surface area contributed by atoms with Crippen molar-refractivity contribution >= 4 is 47.0 Å². The molecule has 1 atom stereocenters. The van der Waals surface area contributed by atoms with Crippen LogP contribution in [-0.4, -0.2) is 72.7 Å². The average molecular weight is 702 g/mol. The predicted molar refractivity (Wildman–Crippen MR) is 195 cm³/mol. The minimum absolute atomic E-state index is 0.0561. The highest BCUT2D eigenvalue weighted by Crippen LogP contribution is 2.32. The largest absolute Gasteiger partial charge is 0.460 e. The van der Waals surface area contributed by atoms with E-state index in [2.05, 4.69) is 56.6 Å². The van der Waals surface area contributed by atoms with Crippen LogP contribution >= 0.6 is 11.8 Å². The maximum Gasteiger partial charge on any atom is 0.339 e. The van der Waals surface area contributed by atoms with Gasteiger partial charge in [-0.25, -0.2) is 4.79 Å². The fourth-order valence-electron chi connectivity index (χ4n) is 5.67. The van der Waals surface area contributed by atoms with E-state index in [1.807, 2.05) is 18.2 Å². The number of hydrogen-bond donors (Lipinski definition) is 2. The van der Waals surface area contributed by atoms with Crippen LogP contribution < -0.4 is 10.6 Å². The van der Waals surface area contributed by atoms with Crippen molar-refractivity contribution in [2.45, 2.75) is 77.2 Å². The molecule has 2 N–H and O–H groups in total. The van der Waals surface area contributed by atoms with Crippen LogP contribution in [0.25, 0.3) is 0 Å². The molecule has 2 heterocycles. The number of anilines is 1. The van der Waals surface area contributed by atoms with E-state index in [0.29, 0.717) is 17.8 Å². The number of thioether (sulfide) groups is 1. The number of amides is 4. The lowest BCUT2D eigenvalue weighted by Crippen LogP contribution is -2.54. The summed E-state index contributed by atoms with van der Waals surface area (Å²) in [4.78, 5) is 64.8. The Balaban J connectivity index is 1.16. The molecule has 10 nitrogen and oxygen atoms in total. The number of nitrogens with one attached hydrogen (secondary N) is 2. The summed E-state index contributed by atoms with van der Waals surface area (Å²) in [5.74, 6) is -1.87. The molecular weight excluding hydrogens is 655 g/mol. The Hall–Kier alpha value is -4.48. The Bertz CT molecular complexity index is 1680. The van der Waals surface area contributed by atoms with Gasteiger partial charge < -0.3 is 14.8 Å². The van der Waals surface area contributed by atoms with Crippen LogP contribution in [0.2, 0.25) is 0 Å². The van der Waals surface area contributed by atoms with Crippen molar-refractivity contribution < 1.29 is 33.4 Å². The summed E-state index contributed by atoms with van der Waals surface area (Å²) in [5.41, 5.74) is 5.46. The Kier molecular flexibility index (Phi) is 14.6. The number of carbonyl (C=O) groups excluding carboxylic acids is 5. The molecule has 0 aromatic heterocycles. The fraction of sp³-hybridized carbons (Fsp3) is 0.410. The van der Waals surface area contributed by atoms with E-state index >= 15 is 0 Å². The van der Waals surface area contributed by atoms with Crippen LogP contribution in [0.1, 0.15) is 97.3 Å². The topological polar surface area (TPSA) is 131 Å². The molecule has 1 saturated heterocycles. The molecule has 2 aromatic rings. The third-order valence-electron chi connectivity index (χ3n) is 8.39. The number of nitrogens with zero attached hydrogens (tertiary/aromatic N) is 1. The first-order valence-electron chi connectivity index (χ1n) is 17.1. The first kappa shape index (κ1) is 38.3. The van der Waals surface area contributed by atoms with Gasteiger partial charge in [-0.3, -0.25) is 29.4 Å². The number of esters is 1. The van der Waals surface area contributed by atoms with Crippen LogP contribution in [0.15, 0.2) is 82.3 Å². The predicted octanol–water partition coefficient (Wildman–Crippen LogP) is 6.88. The molecule has 2 aliphatic heterocycles. The minimum Gasteiger partial charge on any atom is -0.460 e. The van der Waals surface area contributed by atoms with E-state index in [-0.39, 0.29) is 43.8 Å². The lowest BCUT2D eigenvalue weighted by atomic mass is 10.0. The minimum atomic E-state index is -1.03. The Morgan fingerprint density at radius 2 is 1.64 bits per heavy atom. The maximum atomic E-state index is 13.2. The van der Waals surface area contributed by atoms with Gasteiger partial charge in [-0.2, -0.15) is 0 Å². The monoisotopic (exact) mass is 701 g/mol. The molecule has 50 heavy (non-hydrogen) atoms. The SMILES string of the molecule is CC(C)=CCCC(C)=CCCC(C)=CCSc1ccccc1C(=O)OCCOCCNc1cccc2c1C(=O)N(C1CCC(=O)NC1=O)C2=O. The van der Waals surface area contributed by atoms with Crippen molar-refractivity contribution in [3.8, 4) is 0 Å². The van der Waals surface area contributed by atoms with Crippen molar-refractivity contribution in [1.29, 1.82) is 0 Å². The first-order valence-corrected chi connectivity index (χ1v) is 18.0. The highest BCUT2D eigenvalue weighted by atomic mass is 32.2. The molecule has 1 unspecified atom stereocenters. The second-order valence-electron chi connectivity index (χ2n) is 12.6. The molecule has 0 aliphatic carbocycles. The van der Waals surface area contributed by atoms with Gasteiger partial charge in [-0.1, -0.05) is 53.1 Å². The number of benzene rings is 2. The van der Waals surface area contributed by atoms with Gasteiger partial charge in [0, 0.05) is 29.3 Å². The van der Waals surface area contributed by atoms with E-state index < -0.39 is 35.6 Å². The maximum absolute atomic E-state index is 13.2. The summed E-state index contributed by atoms with van der Waals surface area (Å²) < 4.78 is 11.1. The Morgan fingerprint density at radius 3 is 2.40 bits per heavy atom. The summed E-state index contributed by atoms with van der Waals surface area (Å²) >= 11 is 1.60. The number of rotatable bonds is 18. The Morgan fingerprint density at radius 1 is 0.900 bits per heavy atom. The summed E-state index contributed by atoms with van der Waals surface area (Å²) in [6.07, 6.45) is 11.2. The second kappa shape index (κ2) is 19.1. The summed E-state index contributed by atoms with van der Waals surface area (Å²) in [7, 11) is 0. The van der Waals surface area contributed by atoms with Gasteiger partial charge in [0.2, 0.25) is 11.8 Å². The van der Waals surface area contributed by atoms with E-state index in [0.717, 1.165) is 41.2 Å². The van der Waals surface area contributed by atoms with E-state index in [9.17, 15) is 24.0 Å². The summed E-state index contributed by atoms with van der Waals surface area (Å²) in [5, 5.41) is 5.32. The Labute approximate surface area is 298 Å². The third-order valence-corrected chi connectivity index (χ3v) is 9.39. The number of piperidine rings is 1. The van der Waals surface area contributed by atoms with Crippen LogP contribution in [-0.2, 0) is 19.1 Å². The number of ether oxygens (including phenoxy) is 2. The molecule has 1 fully saturated rings. The van der Waals surface area contributed by atoms with E-state index in [4.69, 9.17) is 9.47 Å². The molecule has 2 aromatic carbocycles. The molecule has 0 bridgehead atoms. The lowest BCUT2D eigenvalue weighted by Gasteiger charge is -2.27. The smallest absolute Gasteiger partial charge is 0.339 e. The molecule has 0 saturated carbocycles. The van der Waals surface area contributed by atoms with Crippen LogP contribution in [0.4, 0.5) is 5.69 Å². The third kappa shape index (κ3) is 10.8. The second-order valence-corrected chi connectivity index (χ2v) is 13.7. The van der Waals surface area contributed by atoms with Gasteiger partial charge in [-0.05, 0) is 84.1 Å². The molecule has 4 rings (SSSR count). The molecule has 0 radical (unpaired) electrons. The summed E-state index contributed by atoms with van der Waals surface area (Å²) in [6.45, 7) is 9.43. The van der Waals surface area contributed by atoms with Crippen molar-refractivity contribution in [3.05, 3.63) is 94.1 Å². The summed E-state index contributed by atoms with van der Waals surface area (Å²) in [6, 6.07) is 11.3. The van der Waals surface area contributed by atoms with Gasteiger partial charge in [0.15, 0.2) is 0 Å². The zero-order valence-electron chi connectivity index (χ0n) is 29.3. The standard InChI is InChI=1S/C39H47N3O7S/c1-26(2)10-7-11-27(3)12-8-13-28(4)20-25-50-33-17-6-5-14-29(33)39(47)49-24-23-48-22-21-40-31-16-9-15-30-35(31)38(46)42(37(30)45)32-18-19-34(43)41-36(32)44/h5-6,9-10,12,14-17,20,32,40H,7-8,11,13,18-19,21-25H2,1-4H3,(H,41,43,44). The van der Waals surface area contributed by atoms with Crippen molar-refractivity contribution in [3.63, 3.8) is 0 Å². The molecular formula is C39H47N3O7S. The van der Waals surface area contributed by atoms with E-state index in [1.54, 1.807) is 36.0 Å². The average Bonchev–Trinajstić information content (AvgIpc) is 3.33. The van der Waals surface area contributed by atoms with Gasteiger partial charge in [0.25, 0.3) is 11.8 Å². The molecule has 0 spiro atoms. The number of imide groups is 2. The van der Waals surface area contributed by atoms with Crippen molar-refractivity contribution in [1.82, 2.24) is 10.2 Å².